The average Bonchev–Trinajstić information content (AvgIpc) is 2.46. The van der Waals surface area contributed by atoms with Gasteiger partial charge in [0.15, 0.2) is 5.84 Å². The van der Waals surface area contributed by atoms with Crippen LogP contribution in [-0.4, -0.2) is 46.0 Å². The van der Waals surface area contributed by atoms with Gasteiger partial charge in [-0.05, 0) is 24.6 Å². The van der Waals surface area contributed by atoms with Crippen LogP contribution in [0.15, 0.2) is 23.4 Å². The Hall–Kier alpha value is -2.00. The largest absolute Gasteiger partial charge is 0.495 e. The molecule has 8 nitrogen and oxygen atoms in total. The van der Waals surface area contributed by atoms with Gasteiger partial charge in [0.2, 0.25) is 10.0 Å². The minimum atomic E-state index is -3.50. The van der Waals surface area contributed by atoms with Crippen molar-refractivity contribution in [1.82, 2.24) is 0 Å². The Morgan fingerprint density at radius 3 is 2.71 bits per heavy atom. The van der Waals surface area contributed by atoms with E-state index in [4.69, 9.17) is 20.4 Å². The van der Waals surface area contributed by atoms with Gasteiger partial charge in [0, 0.05) is 19.3 Å². The van der Waals surface area contributed by atoms with Crippen molar-refractivity contribution in [1.29, 1.82) is 0 Å². The topological polar surface area (TPSA) is 123 Å². The first-order valence-corrected chi connectivity index (χ1v) is 7.74. The van der Waals surface area contributed by atoms with E-state index in [2.05, 4.69) is 9.88 Å². The molecule has 0 saturated carbocycles. The van der Waals surface area contributed by atoms with Crippen LogP contribution >= 0.6 is 0 Å². The van der Waals surface area contributed by atoms with E-state index < -0.39 is 10.0 Å². The van der Waals surface area contributed by atoms with Gasteiger partial charge in [0.25, 0.3) is 0 Å². The Bertz CT molecular complexity index is 601. The van der Waals surface area contributed by atoms with Gasteiger partial charge in [0.1, 0.15) is 5.75 Å². The van der Waals surface area contributed by atoms with Crippen molar-refractivity contribution in [2.45, 2.75) is 6.42 Å². The summed E-state index contributed by atoms with van der Waals surface area (Å²) < 4.78 is 36.2. The van der Waals surface area contributed by atoms with Gasteiger partial charge in [-0.1, -0.05) is 5.16 Å². The minimum absolute atomic E-state index is 0.0635. The molecule has 0 heterocycles. The third kappa shape index (κ3) is 5.12. The highest BCUT2D eigenvalue weighted by Crippen LogP contribution is 2.26. The second kappa shape index (κ2) is 7.70. The molecule has 0 aliphatic carbocycles. The standard InChI is InChI=1S/C12H19N3O5S/c1-19-6-3-7-21(17,18)15-10-5-4-9(12(13)14-16)8-11(10)20-2/h4-5,8,15-16H,3,6-7H2,1-2H3,(H2,13,14). The predicted molar refractivity (Wildman–Crippen MR) is 79.4 cm³/mol. The molecule has 0 aromatic heterocycles. The van der Waals surface area contributed by atoms with E-state index >= 15 is 0 Å². The SMILES string of the molecule is COCCCS(=O)(=O)Nc1ccc(/C(N)=N/O)cc1OC. The summed E-state index contributed by atoms with van der Waals surface area (Å²) >= 11 is 0. The van der Waals surface area contributed by atoms with Crippen LogP contribution in [0, 0.1) is 0 Å². The van der Waals surface area contributed by atoms with E-state index in [1.54, 1.807) is 0 Å². The van der Waals surface area contributed by atoms with Crippen molar-refractivity contribution in [2.75, 3.05) is 31.3 Å². The lowest BCUT2D eigenvalue weighted by atomic mass is 10.2. The summed E-state index contributed by atoms with van der Waals surface area (Å²) in [6, 6.07) is 4.48. The van der Waals surface area contributed by atoms with Gasteiger partial charge < -0.3 is 20.4 Å². The lowest BCUT2D eigenvalue weighted by Crippen LogP contribution is -2.19. The Morgan fingerprint density at radius 2 is 2.14 bits per heavy atom. The third-order valence-electron chi connectivity index (χ3n) is 2.63. The first-order chi connectivity index (χ1) is 9.93. The summed E-state index contributed by atoms with van der Waals surface area (Å²) in [5.74, 6) is 0.114. The smallest absolute Gasteiger partial charge is 0.232 e. The highest BCUT2D eigenvalue weighted by molar-refractivity contribution is 7.92. The lowest BCUT2D eigenvalue weighted by molar-refractivity contribution is 0.199. The van der Waals surface area contributed by atoms with Crippen molar-refractivity contribution >= 4 is 21.5 Å². The number of nitrogens with two attached hydrogens (primary N) is 1. The zero-order valence-electron chi connectivity index (χ0n) is 11.9. The van der Waals surface area contributed by atoms with Gasteiger partial charge >= 0.3 is 0 Å². The van der Waals surface area contributed by atoms with Crippen molar-refractivity contribution < 1.29 is 23.1 Å². The second-order valence-corrected chi connectivity index (χ2v) is 6.01. The molecule has 0 radical (unpaired) electrons. The predicted octanol–water partition coefficient (Wildman–Crippen LogP) is 0.568. The maximum Gasteiger partial charge on any atom is 0.232 e. The van der Waals surface area contributed by atoms with E-state index in [1.165, 1.54) is 32.4 Å². The number of hydrogen-bond donors (Lipinski definition) is 3. The Labute approximate surface area is 123 Å². The lowest BCUT2D eigenvalue weighted by Gasteiger charge is -2.12. The van der Waals surface area contributed by atoms with Crippen molar-refractivity contribution in [3.05, 3.63) is 23.8 Å². The van der Waals surface area contributed by atoms with Gasteiger partial charge in [0.05, 0.1) is 18.6 Å². The second-order valence-electron chi connectivity index (χ2n) is 4.17. The van der Waals surface area contributed by atoms with Crippen LogP contribution < -0.4 is 15.2 Å². The maximum absolute atomic E-state index is 11.9. The molecule has 0 aliphatic rings. The first-order valence-electron chi connectivity index (χ1n) is 6.09. The Kier molecular flexibility index (Phi) is 6.25. The zero-order valence-corrected chi connectivity index (χ0v) is 12.7. The minimum Gasteiger partial charge on any atom is -0.495 e. The molecule has 9 heteroatoms. The van der Waals surface area contributed by atoms with Gasteiger partial charge in [-0.25, -0.2) is 8.42 Å². The highest BCUT2D eigenvalue weighted by Gasteiger charge is 2.14. The van der Waals surface area contributed by atoms with Crippen LogP contribution in [0.5, 0.6) is 5.75 Å². The third-order valence-corrected chi connectivity index (χ3v) is 3.99. The van der Waals surface area contributed by atoms with Crippen LogP contribution in [0.3, 0.4) is 0 Å². The Morgan fingerprint density at radius 1 is 1.43 bits per heavy atom. The quantitative estimate of drug-likeness (QED) is 0.212. The summed E-state index contributed by atoms with van der Waals surface area (Å²) in [6.45, 7) is 0.362. The number of nitrogens with one attached hydrogen (secondary N) is 1. The molecule has 0 aliphatic heterocycles. The molecular formula is C12H19N3O5S. The van der Waals surface area contributed by atoms with E-state index in [0.29, 0.717) is 18.6 Å². The molecule has 0 atom stereocenters. The summed E-state index contributed by atoms with van der Waals surface area (Å²) in [7, 11) is -0.593. The van der Waals surface area contributed by atoms with E-state index in [-0.39, 0.29) is 23.0 Å². The maximum atomic E-state index is 11.9. The number of nitrogens with zero attached hydrogens (tertiary/aromatic N) is 1. The zero-order chi connectivity index (χ0) is 15.9. The van der Waals surface area contributed by atoms with Gasteiger partial charge in [-0.3, -0.25) is 4.72 Å². The summed E-state index contributed by atoms with van der Waals surface area (Å²) in [5, 5.41) is 11.5. The molecule has 0 unspecified atom stereocenters. The molecule has 21 heavy (non-hydrogen) atoms. The molecule has 0 fully saturated rings. The van der Waals surface area contributed by atoms with Crippen LogP contribution in [0.1, 0.15) is 12.0 Å². The average molecular weight is 317 g/mol. The van der Waals surface area contributed by atoms with Crippen molar-refractivity contribution in [2.24, 2.45) is 10.9 Å². The molecule has 0 bridgehead atoms. The fraction of sp³-hybridized carbons (Fsp3) is 0.417. The number of hydrogen-bond acceptors (Lipinski definition) is 6. The van der Waals surface area contributed by atoms with Gasteiger partial charge in [-0.15, -0.1) is 0 Å². The fourth-order valence-corrected chi connectivity index (χ4v) is 2.71. The molecule has 0 saturated heterocycles. The number of oxime groups is 1. The summed E-state index contributed by atoms with van der Waals surface area (Å²) in [6.07, 6.45) is 0.385. The number of ether oxygens (including phenoxy) is 2. The molecule has 4 N–H and O–H groups in total. The fourth-order valence-electron chi connectivity index (χ4n) is 1.60. The molecule has 1 aromatic rings. The number of sulfonamides is 1. The number of amidine groups is 1. The Balaban J connectivity index is 2.93. The first kappa shape index (κ1) is 17.1. The van der Waals surface area contributed by atoms with Gasteiger partial charge in [-0.2, -0.15) is 0 Å². The monoisotopic (exact) mass is 317 g/mol. The highest BCUT2D eigenvalue weighted by atomic mass is 32.2. The number of anilines is 1. The molecule has 1 rings (SSSR count). The molecule has 0 amide bonds. The molecule has 1 aromatic carbocycles. The number of rotatable bonds is 8. The van der Waals surface area contributed by atoms with Crippen molar-refractivity contribution in [3.63, 3.8) is 0 Å². The summed E-state index contributed by atoms with van der Waals surface area (Å²) in [4.78, 5) is 0. The molecule has 0 spiro atoms. The normalized spacial score (nSPS) is 12.2. The van der Waals surface area contributed by atoms with Crippen LogP contribution in [0.2, 0.25) is 0 Å². The van der Waals surface area contributed by atoms with E-state index in [0.717, 1.165) is 0 Å². The molecular weight excluding hydrogens is 298 g/mol. The summed E-state index contributed by atoms with van der Waals surface area (Å²) in [5.41, 5.74) is 6.16. The van der Waals surface area contributed by atoms with Crippen LogP contribution in [-0.2, 0) is 14.8 Å². The van der Waals surface area contributed by atoms with E-state index in [1.807, 2.05) is 0 Å². The van der Waals surface area contributed by atoms with Crippen LogP contribution in [0.25, 0.3) is 0 Å². The van der Waals surface area contributed by atoms with Crippen molar-refractivity contribution in [3.8, 4) is 5.75 Å². The van der Waals surface area contributed by atoms with E-state index in [9.17, 15) is 8.42 Å². The molecule has 118 valence electrons. The van der Waals surface area contributed by atoms with Crippen LogP contribution in [0.4, 0.5) is 5.69 Å². The number of methoxy groups -OCH3 is 2. The number of benzene rings is 1.